The molecule has 0 aliphatic rings. The number of rotatable bonds is 5. The standard InChI is InChI=1S/C20H19N3O3/c1-14-7-9-16(10-8-14)23-20(25)21-13-15-4-2-5-17(12-15)22-19(24)18-6-3-11-26-18/h2-12H,13H2,1H3,(H,22,24)(H2,21,23,25). The number of hydrogen-bond acceptors (Lipinski definition) is 3. The third-order valence-electron chi connectivity index (χ3n) is 3.69. The molecule has 0 saturated carbocycles. The number of aryl methyl sites for hydroxylation is 1. The maximum Gasteiger partial charge on any atom is 0.319 e. The van der Waals surface area contributed by atoms with Crippen molar-refractivity contribution in [3.05, 3.63) is 83.8 Å². The van der Waals surface area contributed by atoms with Crippen molar-refractivity contribution in [2.45, 2.75) is 13.5 Å². The van der Waals surface area contributed by atoms with Crippen LogP contribution in [0.5, 0.6) is 0 Å². The molecule has 3 N–H and O–H groups in total. The van der Waals surface area contributed by atoms with E-state index in [1.54, 1.807) is 24.3 Å². The van der Waals surface area contributed by atoms with Crippen molar-refractivity contribution >= 4 is 23.3 Å². The lowest BCUT2D eigenvalue weighted by molar-refractivity contribution is 0.0996. The van der Waals surface area contributed by atoms with Gasteiger partial charge in [-0.05, 0) is 48.9 Å². The number of carbonyl (C=O) groups is 2. The van der Waals surface area contributed by atoms with Crippen LogP contribution in [-0.4, -0.2) is 11.9 Å². The van der Waals surface area contributed by atoms with Crippen LogP contribution in [0.1, 0.15) is 21.7 Å². The van der Waals surface area contributed by atoms with Crippen molar-refractivity contribution in [2.75, 3.05) is 10.6 Å². The summed E-state index contributed by atoms with van der Waals surface area (Å²) >= 11 is 0. The number of anilines is 2. The highest BCUT2D eigenvalue weighted by Crippen LogP contribution is 2.13. The molecule has 0 atom stereocenters. The second-order valence-corrected chi connectivity index (χ2v) is 5.81. The van der Waals surface area contributed by atoms with Crippen molar-refractivity contribution in [1.82, 2.24) is 5.32 Å². The SMILES string of the molecule is Cc1ccc(NC(=O)NCc2cccc(NC(=O)c3ccco3)c2)cc1. The Morgan fingerprint density at radius 3 is 2.46 bits per heavy atom. The summed E-state index contributed by atoms with van der Waals surface area (Å²) in [4.78, 5) is 24.0. The number of nitrogens with one attached hydrogen (secondary N) is 3. The van der Waals surface area contributed by atoms with Crippen LogP contribution < -0.4 is 16.0 Å². The van der Waals surface area contributed by atoms with Crippen LogP contribution >= 0.6 is 0 Å². The molecule has 26 heavy (non-hydrogen) atoms. The minimum atomic E-state index is -0.322. The molecule has 0 aliphatic heterocycles. The van der Waals surface area contributed by atoms with Gasteiger partial charge in [0.1, 0.15) is 0 Å². The summed E-state index contributed by atoms with van der Waals surface area (Å²) in [6, 6.07) is 17.8. The molecule has 2 aromatic carbocycles. The fraction of sp³-hybridized carbons (Fsp3) is 0.100. The summed E-state index contributed by atoms with van der Waals surface area (Å²) in [5.41, 5.74) is 3.35. The first kappa shape index (κ1) is 17.3. The Balaban J connectivity index is 1.54. The zero-order chi connectivity index (χ0) is 18.4. The molecule has 0 aliphatic carbocycles. The van der Waals surface area contributed by atoms with Gasteiger partial charge in [0.2, 0.25) is 0 Å². The van der Waals surface area contributed by atoms with Gasteiger partial charge in [0, 0.05) is 17.9 Å². The van der Waals surface area contributed by atoms with E-state index in [0.29, 0.717) is 12.2 Å². The van der Waals surface area contributed by atoms with Crippen LogP contribution in [0.3, 0.4) is 0 Å². The molecule has 0 saturated heterocycles. The van der Waals surface area contributed by atoms with Crippen LogP contribution in [0.2, 0.25) is 0 Å². The quantitative estimate of drug-likeness (QED) is 0.647. The predicted molar refractivity (Wildman–Crippen MR) is 100 cm³/mol. The zero-order valence-corrected chi connectivity index (χ0v) is 14.3. The van der Waals surface area contributed by atoms with Crippen molar-refractivity contribution < 1.29 is 14.0 Å². The monoisotopic (exact) mass is 349 g/mol. The van der Waals surface area contributed by atoms with Gasteiger partial charge in [0.25, 0.3) is 5.91 Å². The van der Waals surface area contributed by atoms with Crippen LogP contribution in [-0.2, 0) is 6.54 Å². The average molecular weight is 349 g/mol. The molecule has 6 nitrogen and oxygen atoms in total. The summed E-state index contributed by atoms with van der Waals surface area (Å²) in [6.07, 6.45) is 1.45. The Hall–Kier alpha value is -3.54. The molecular formula is C20H19N3O3. The number of amides is 3. The highest BCUT2D eigenvalue weighted by Gasteiger charge is 2.09. The molecule has 1 heterocycles. The van der Waals surface area contributed by atoms with Gasteiger partial charge in [0.05, 0.1) is 6.26 Å². The Morgan fingerprint density at radius 1 is 0.923 bits per heavy atom. The van der Waals surface area contributed by atoms with Crippen molar-refractivity contribution in [3.8, 4) is 0 Å². The van der Waals surface area contributed by atoms with Crippen LogP contribution in [0, 0.1) is 6.92 Å². The Bertz CT molecular complexity index is 887. The largest absolute Gasteiger partial charge is 0.459 e. The summed E-state index contributed by atoms with van der Waals surface area (Å²) in [5.74, 6) is -0.0803. The topological polar surface area (TPSA) is 83.4 Å². The third-order valence-corrected chi connectivity index (χ3v) is 3.69. The maximum absolute atomic E-state index is 12.0. The van der Waals surface area contributed by atoms with Gasteiger partial charge in [-0.15, -0.1) is 0 Å². The summed E-state index contributed by atoms with van der Waals surface area (Å²) in [6.45, 7) is 2.32. The lowest BCUT2D eigenvalue weighted by Crippen LogP contribution is -2.28. The molecule has 3 aromatic rings. The molecule has 3 amide bonds. The van der Waals surface area contributed by atoms with Gasteiger partial charge < -0.3 is 20.4 Å². The van der Waals surface area contributed by atoms with Gasteiger partial charge in [-0.25, -0.2) is 4.79 Å². The molecule has 6 heteroatoms. The number of carbonyl (C=O) groups excluding carboxylic acids is 2. The summed E-state index contributed by atoms with van der Waals surface area (Å²) < 4.78 is 5.06. The number of hydrogen-bond donors (Lipinski definition) is 3. The summed E-state index contributed by atoms with van der Waals surface area (Å²) in [5, 5.41) is 8.32. The Labute approximate surface area is 151 Å². The Morgan fingerprint density at radius 2 is 1.73 bits per heavy atom. The smallest absolute Gasteiger partial charge is 0.319 e. The zero-order valence-electron chi connectivity index (χ0n) is 14.3. The summed E-state index contributed by atoms with van der Waals surface area (Å²) in [7, 11) is 0. The van der Waals surface area contributed by atoms with E-state index >= 15 is 0 Å². The van der Waals surface area contributed by atoms with Gasteiger partial charge in [-0.1, -0.05) is 29.8 Å². The minimum absolute atomic E-state index is 0.242. The molecule has 0 unspecified atom stereocenters. The molecule has 0 radical (unpaired) electrons. The minimum Gasteiger partial charge on any atom is -0.459 e. The predicted octanol–water partition coefficient (Wildman–Crippen LogP) is 4.16. The van der Waals surface area contributed by atoms with Crippen LogP contribution in [0.25, 0.3) is 0 Å². The van der Waals surface area contributed by atoms with E-state index in [2.05, 4.69) is 16.0 Å². The van der Waals surface area contributed by atoms with Gasteiger partial charge in [-0.3, -0.25) is 4.79 Å². The molecule has 0 spiro atoms. The maximum atomic E-state index is 12.0. The first-order chi connectivity index (χ1) is 12.6. The van der Waals surface area contributed by atoms with Crippen LogP contribution in [0.15, 0.2) is 71.3 Å². The van der Waals surface area contributed by atoms with Crippen molar-refractivity contribution in [3.63, 3.8) is 0 Å². The molecular weight excluding hydrogens is 330 g/mol. The molecule has 0 bridgehead atoms. The molecule has 3 rings (SSSR count). The second kappa shape index (κ2) is 8.02. The lowest BCUT2D eigenvalue weighted by Gasteiger charge is -2.09. The second-order valence-electron chi connectivity index (χ2n) is 5.81. The molecule has 132 valence electrons. The lowest BCUT2D eigenvalue weighted by atomic mass is 10.2. The number of benzene rings is 2. The average Bonchev–Trinajstić information content (AvgIpc) is 3.17. The highest BCUT2D eigenvalue weighted by atomic mass is 16.3. The van der Waals surface area contributed by atoms with E-state index < -0.39 is 0 Å². The van der Waals surface area contributed by atoms with Gasteiger partial charge in [0.15, 0.2) is 5.76 Å². The normalized spacial score (nSPS) is 10.2. The van der Waals surface area contributed by atoms with E-state index in [0.717, 1.165) is 16.8 Å². The van der Waals surface area contributed by atoms with E-state index in [9.17, 15) is 9.59 Å². The molecule has 1 aromatic heterocycles. The molecule has 0 fully saturated rings. The van der Waals surface area contributed by atoms with E-state index in [-0.39, 0.29) is 17.7 Å². The number of furan rings is 1. The fourth-order valence-corrected chi connectivity index (χ4v) is 2.35. The first-order valence-electron chi connectivity index (χ1n) is 8.15. The van der Waals surface area contributed by atoms with E-state index in [4.69, 9.17) is 4.42 Å². The number of urea groups is 1. The van der Waals surface area contributed by atoms with E-state index in [1.165, 1.54) is 6.26 Å². The fourth-order valence-electron chi connectivity index (χ4n) is 2.35. The first-order valence-corrected chi connectivity index (χ1v) is 8.15. The van der Waals surface area contributed by atoms with Crippen molar-refractivity contribution in [2.24, 2.45) is 0 Å². The Kier molecular flexibility index (Phi) is 5.34. The van der Waals surface area contributed by atoms with Crippen LogP contribution in [0.4, 0.5) is 16.2 Å². The third kappa shape index (κ3) is 4.73. The highest BCUT2D eigenvalue weighted by molar-refractivity contribution is 6.02. The van der Waals surface area contributed by atoms with Gasteiger partial charge >= 0.3 is 6.03 Å². The van der Waals surface area contributed by atoms with Gasteiger partial charge in [-0.2, -0.15) is 0 Å². The van der Waals surface area contributed by atoms with Crippen molar-refractivity contribution in [1.29, 1.82) is 0 Å². The van der Waals surface area contributed by atoms with E-state index in [1.807, 2.05) is 43.3 Å².